The van der Waals surface area contributed by atoms with Gasteiger partial charge in [-0.1, -0.05) is 72.8 Å². The van der Waals surface area contributed by atoms with Crippen molar-refractivity contribution < 1.29 is 8.83 Å². The minimum Gasteiger partial charge on any atom is -0.456 e. The molecule has 5 heteroatoms. The van der Waals surface area contributed by atoms with Gasteiger partial charge in [0.05, 0.1) is 6.04 Å². The van der Waals surface area contributed by atoms with Crippen LogP contribution in [0.4, 0.5) is 11.4 Å². The summed E-state index contributed by atoms with van der Waals surface area (Å²) in [6.45, 7) is 0. The molecule has 9 aromatic rings. The Morgan fingerprint density at radius 1 is 0.630 bits per heavy atom. The number of rotatable bonds is 4. The number of oxazole rings is 1. The summed E-state index contributed by atoms with van der Waals surface area (Å²) >= 11 is 1.85. The maximum atomic E-state index is 6.39. The Hall–Kier alpha value is -5.65. The topological polar surface area (TPSA) is 42.4 Å². The Morgan fingerprint density at radius 2 is 1.37 bits per heavy atom. The molecule has 1 atom stereocenters. The third-order valence-corrected chi connectivity index (χ3v) is 10.4. The molecule has 3 heterocycles. The molecular formula is C41H26N2O2S. The number of benzene rings is 6. The van der Waals surface area contributed by atoms with Crippen molar-refractivity contribution in [2.75, 3.05) is 4.90 Å². The summed E-state index contributed by atoms with van der Waals surface area (Å²) in [5, 5.41) is 4.84. The van der Waals surface area contributed by atoms with E-state index in [1.54, 1.807) is 0 Å². The van der Waals surface area contributed by atoms with Crippen molar-refractivity contribution >= 4 is 82.0 Å². The quantitative estimate of drug-likeness (QED) is 0.199. The van der Waals surface area contributed by atoms with Crippen molar-refractivity contribution in [3.63, 3.8) is 0 Å². The molecule has 0 saturated heterocycles. The Bertz CT molecular complexity index is 2530. The summed E-state index contributed by atoms with van der Waals surface area (Å²) in [5.74, 6) is 0.651. The number of thiophene rings is 1. The molecule has 1 unspecified atom stereocenters. The highest BCUT2D eigenvalue weighted by Gasteiger charge is 2.26. The molecule has 218 valence electrons. The molecule has 3 aromatic heterocycles. The van der Waals surface area contributed by atoms with Gasteiger partial charge in [-0.3, -0.25) is 0 Å². The second kappa shape index (κ2) is 9.93. The van der Waals surface area contributed by atoms with Crippen molar-refractivity contribution in [2.45, 2.75) is 12.5 Å². The van der Waals surface area contributed by atoms with Gasteiger partial charge in [-0.05, 0) is 78.7 Å². The zero-order chi connectivity index (χ0) is 30.2. The van der Waals surface area contributed by atoms with E-state index in [0.717, 1.165) is 62.0 Å². The zero-order valence-corrected chi connectivity index (χ0v) is 25.5. The highest BCUT2D eigenvalue weighted by atomic mass is 32.1. The molecule has 46 heavy (non-hydrogen) atoms. The van der Waals surface area contributed by atoms with Crippen molar-refractivity contribution in [2.24, 2.45) is 0 Å². The summed E-state index contributed by atoms with van der Waals surface area (Å²) in [5.41, 5.74) is 9.16. The Labute approximate surface area is 268 Å². The van der Waals surface area contributed by atoms with Crippen molar-refractivity contribution in [1.82, 2.24) is 4.98 Å². The van der Waals surface area contributed by atoms with E-state index in [1.807, 2.05) is 53.8 Å². The van der Waals surface area contributed by atoms with Gasteiger partial charge in [-0.25, -0.2) is 4.98 Å². The Kier molecular flexibility index (Phi) is 5.54. The minimum atomic E-state index is 0.0828. The number of furan rings is 1. The second-order valence-corrected chi connectivity index (χ2v) is 13.0. The fourth-order valence-electron chi connectivity index (χ4n) is 7.06. The summed E-state index contributed by atoms with van der Waals surface area (Å²) in [7, 11) is 0. The monoisotopic (exact) mass is 610 g/mol. The molecule has 4 nitrogen and oxygen atoms in total. The summed E-state index contributed by atoms with van der Waals surface area (Å²) < 4.78 is 15.2. The molecule has 6 aromatic carbocycles. The summed E-state index contributed by atoms with van der Waals surface area (Å²) in [4.78, 5) is 7.30. The number of aromatic nitrogens is 1. The Morgan fingerprint density at radius 3 is 2.28 bits per heavy atom. The molecule has 0 saturated carbocycles. The average molecular weight is 611 g/mol. The summed E-state index contributed by atoms with van der Waals surface area (Å²) in [6, 6.07) is 45.0. The number of anilines is 2. The van der Waals surface area contributed by atoms with Gasteiger partial charge in [0, 0.05) is 53.4 Å². The largest absolute Gasteiger partial charge is 0.456 e. The van der Waals surface area contributed by atoms with Crippen molar-refractivity contribution in [1.29, 1.82) is 0 Å². The van der Waals surface area contributed by atoms with Crippen LogP contribution in [0.1, 0.15) is 11.1 Å². The van der Waals surface area contributed by atoms with E-state index in [2.05, 4.69) is 102 Å². The van der Waals surface area contributed by atoms with Gasteiger partial charge in [-0.15, -0.1) is 11.3 Å². The van der Waals surface area contributed by atoms with Crippen LogP contribution in [0.15, 0.2) is 142 Å². The van der Waals surface area contributed by atoms with Gasteiger partial charge in [0.1, 0.15) is 16.7 Å². The molecule has 0 radical (unpaired) electrons. The molecule has 0 N–H and O–H groups in total. The first-order chi connectivity index (χ1) is 22.8. The van der Waals surface area contributed by atoms with Gasteiger partial charge < -0.3 is 13.7 Å². The molecule has 1 aliphatic carbocycles. The molecule has 1 aliphatic rings. The lowest BCUT2D eigenvalue weighted by Gasteiger charge is -2.34. The lowest BCUT2D eigenvalue weighted by Crippen LogP contribution is -2.33. The first-order valence-electron chi connectivity index (χ1n) is 15.5. The van der Waals surface area contributed by atoms with Gasteiger partial charge in [0.2, 0.25) is 5.89 Å². The van der Waals surface area contributed by atoms with E-state index in [0.29, 0.717) is 5.89 Å². The fourth-order valence-corrected chi connectivity index (χ4v) is 8.14. The van der Waals surface area contributed by atoms with Crippen LogP contribution >= 0.6 is 11.3 Å². The van der Waals surface area contributed by atoms with Crippen LogP contribution in [0.2, 0.25) is 0 Å². The zero-order valence-electron chi connectivity index (χ0n) is 24.7. The van der Waals surface area contributed by atoms with E-state index in [1.165, 1.54) is 25.7 Å². The minimum absolute atomic E-state index is 0.0828. The number of fused-ring (bicyclic) bond motifs is 9. The first kappa shape index (κ1) is 25.7. The van der Waals surface area contributed by atoms with Gasteiger partial charge >= 0.3 is 0 Å². The maximum absolute atomic E-state index is 6.39. The van der Waals surface area contributed by atoms with Gasteiger partial charge in [0.25, 0.3) is 0 Å². The average Bonchev–Trinajstić information content (AvgIpc) is 3.82. The van der Waals surface area contributed by atoms with Crippen molar-refractivity contribution in [3.05, 3.63) is 145 Å². The van der Waals surface area contributed by atoms with E-state index in [9.17, 15) is 0 Å². The van der Waals surface area contributed by atoms with E-state index >= 15 is 0 Å². The Balaban J connectivity index is 1.13. The van der Waals surface area contributed by atoms with Crippen LogP contribution in [-0.2, 0) is 6.42 Å². The molecule has 10 rings (SSSR count). The summed E-state index contributed by atoms with van der Waals surface area (Å²) in [6.07, 6.45) is 5.37. The third-order valence-electron chi connectivity index (χ3n) is 9.23. The number of hydrogen-bond donors (Lipinski definition) is 0. The van der Waals surface area contributed by atoms with Gasteiger partial charge in [-0.2, -0.15) is 0 Å². The molecule has 0 spiro atoms. The smallest absolute Gasteiger partial charge is 0.227 e. The molecule has 0 amide bonds. The van der Waals surface area contributed by atoms with Crippen LogP contribution in [-0.4, -0.2) is 11.0 Å². The van der Waals surface area contributed by atoms with Crippen LogP contribution < -0.4 is 4.90 Å². The third kappa shape index (κ3) is 3.95. The maximum Gasteiger partial charge on any atom is 0.227 e. The predicted molar refractivity (Wildman–Crippen MR) is 191 cm³/mol. The predicted octanol–water partition coefficient (Wildman–Crippen LogP) is 11.5. The standard InChI is InChI=1S/C41H26N2O2S/c1-2-8-25(9-3-1)41-42-35-19-14-26-22-27(15-18-30(26)40(35)45-41)43(28-16-20-37-33(23-28)31-10-4-6-12-36(31)44-37)29-17-21-39-34(24-29)32-11-5-7-13-38(32)46-39/h1-21,23-24,27H,22H2. The lowest BCUT2D eigenvalue weighted by molar-refractivity contribution is 0.617. The SMILES string of the molecule is C1=CC(N(c2ccc3oc4ccccc4c3c2)c2ccc3sc4ccccc4c3c2)Cc2ccc3nc(-c4ccccc4)oc3c21. The highest BCUT2D eigenvalue weighted by Crippen LogP contribution is 2.42. The van der Waals surface area contributed by atoms with E-state index < -0.39 is 0 Å². The molecule has 0 aliphatic heterocycles. The van der Waals surface area contributed by atoms with Crippen LogP contribution in [0.25, 0.3) is 70.7 Å². The van der Waals surface area contributed by atoms with E-state index in [-0.39, 0.29) is 6.04 Å². The highest BCUT2D eigenvalue weighted by molar-refractivity contribution is 7.25. The number of hydrogen-bond acceptors (Lipinski definition) is 5. The van der Waals surface area contributed by atoms with Crippen LogP contribution in [0.3, 0.4) is 0 Å². The first-order valence-corrected chi connectivity index (χ1v) is 16.4. The molecular weight excluding hydrogens is 585 g/mol. The molecule has 0 bridgehead atoms. The van der Waals surface area contributed by atoms with E-state index in [4.69, 9.17) is 13.8 Å². The van der Waals surface area contributed by atoms with Crippen LogP contribution in [0, 0.1) is 0 Å². The fraction of sp³-hybridized carbons (Fsp3) is 0.0488. The van der Waals surface area contributed by atoms with Crippen LogP contribution in [0.5, 0.6) is 0 Å². The number of nitrogens with zero attached hydrogens (tertiary/aromatic N) is 2. The second-order valence-electron chi connectivity index (χ2n) is 11.9. The van der Waals surface area contributed by atoms with Crippen molar-refractivity contribution in [3.8, 4) is 11.5 Å². The van der Waals surface area contributed by atoms with Gasteiger partial charge in [0.15, 0.2) is 5.58 Å². The molecule has 0 fully saturated rings. The normalized spacial score (nSPS) is 14.6. The lowest BCUT2D eigenvalue weighted by atomic mass is 9.91. The number of para-hydroxylation sites is 1.